The average Bonchev–Trinajstić information content (AvgIpc) is 3.13. The number of aliphatic hydroxyl groups excluding tert-OH is 2. The number of carbonyl (C=O) groups is 1. The number of imidazole rings is 1. The first-order valence-corrected chi connectivity index (χ1v) is 9.94. The van der Waals surface area contributed by atoms with Gasteiger partial charge in [-0.1, -0.05) is 18.7 Å². The van der Waals surface area contributed by atoms with Crippen LogP contribution in [0.25, 0.3) is 11.2 Å². The third kappa shape index (κ3) is 3.66. The standard InChI is InChI=1S/C17H25N5O5S/c1-5-28-16-21-9-12(18)19-7-20-13(9)22(16)14-11(10(24)8(6-23)26-14)27-15(25)17(2,3)4/h7-8,10-11,14,23-24H,5-6H2,1-4H3,(H2,18,19,20)/t8-,10?,11?,14-/m1/s1. The summed E-state index contributed by atoms with van der Waals surface area (Å²) >= 11 is 1.42. The fraction of sp³-hybridized carbons (Fsp3) is 0.647. The molecule has 0 aliphatic carbocycles. The van der Waals surface area contributed by atoms with Gasteiger partial charge in [0.15, 0.2) is 34.5 Å². The Bertz CT molecular complexity index is 867. The highest BCUT2D eigenvalue weighted by Gasteiger charge is 2.49. The maximum atomic E-state index is 12.5. The highest BCUT2D eigenvalue weighted by molar-refractivity contribution is 7.99. The second-order valence-corrected chi connectivity index (χ2v) is 8.72. The third-order valence-corrected chi connectivity index (χ3v) is 5.18. The summed E-state index contributed by atoms with van der Waals surface area (Å²) in [7, 11) is 0. The molecule has 1 aliphatic rings. The molecule has 0 amide bonds. The first-order chi connectivity index (χ1) is 13.2. The molecule has 3 rings (SSSR count). The first-order valence-electron chi connectivity index (χ1n) is 8.95. The van der Waals surface area contributed by atoms with Crippen LogP contribution in [0.5, 0.6) is 0 Å². The first kappa shape index (κ1) is 20.8. The van der Waals surface area contributed by atoms with Crippen molar-refractivity contribution < 1.29 is 24.5 Å². The Morgan fingerprint density at radius 3 is 2.75 bits per heavy atom. The van der Waals surface area contributed by atoms with Crippen molar-refractivity contribution in [1.82, 2.24) is 19.5 Å². The van der Waals surface area contributed by atoms with Gasteiger partial charge in [0.1, 0.15) is 18.5 Å². The van der Waals surface area contributed by atoms with Gasteiger partial charge in [0.2, 0.25) is 0 Å². The predicted octanol–water partition coefficient (Wildman–Crippen LogP) is 0.729. The van der Waals surface area contributed by atoms with Crippen molar-refractivity contribution >= 4 is 34.7 Å². The second kappa shape index (κ2) is 7.82. The second-order valence-electron chi connectivity index (χ2n) is 7.49. The van der Waals surface area contributed by atoms with E-state index in [1.807, 2.05) is 6.92 Å². The summed E-state index contributed by atoms with van der Waals surface area (Å²) < 4.78 is 13.1. The fourth-order valence-electron chi connectivity index (χ4n) is 2.87. The van der Waals surface area contributed by atoms with E-state index >= 15 is 0 Å². The number of nitrogens with two attached hydrogens (primary N) is 1. The van der Waals surface area contributed by atoms with Crippen LogP contribution in [0.3, 0.4) is 0 Å². The van der Waals surface area contributed by atoms with Crippen molar-refractivity contribution in [2.45, 2.75) is 57.4 Å². The van der Waals surface area contributed by atoms with Gasteiger partial charge in [-0.3, -0.25) is 9.36 Å². The Labute approximate surface area is 166 Å². The lowest BCUT2D eigenvalue weighted by Gasteiger charge is -2.26. The molecule has 0 aromatic carbocycles. The van der Waals surface area contributed by atoms with E-state index in [0.717, 1.165) is 0 Å². The molecule has 0 saturated carbocycles. The zero-order chi connectivity index (χ0) is 20.6. The Kier molecular flexibility index (Phi) is 5.80. The van der Waals surface area contributed by atoms with Gasteiger partial charge in [-0.05, 0) is 26.5 Å². The van der Waals surface area contributed by atoms with Crippen LogP contribution in [0.1, 0.15) is 33.9 Å². The van der Waals surface area contributed by atoms with Gasteiger partial charge in [-0.15, -0.1) is 0 Å². The maximum Gasteiger partial charge on any atom is 0.311 e. The molecule has 0 bridgehead atoms. The minimum absolute atomic E-state index is 0.210. The number of hydrogen-bond donors (Lipinski definition) is 3. The van der Waals surface area contributed by atoms with Crippen LogP contribution in [-0.4, -0.2) is 66.4 Å². The van der Waals surface area contributed by atoms with E-state index in [4.69, 9.17) is 15.2 Å². The van der Waals surface area contributed by atoms with Crippen molar-refractivity contribution in [3.05, 3.63) is 6.33 Å². The summed E-state index contributed by atoms with van der Waals surface area (Å²) in [6, 6.07) is 0. The number of fused-ring (bicyclic) bond motifs is 1. The quantitative estimate of drug-likeness (QED) is 0.475. The van der Waals surface area contributed by atoms with Crippen molar-refractivity contribution in [3.63, 3.8) is 0 Å². The van der Waals surface area contributed by atoms with Crippen molar-refractivity contribution in [2.24, 2.45) is 5.41 Å². The summed E-state index contributed by atoms with van der Waals surface area (Å²) in [5.41, 5.74) is 5.96. The van der Waals surface area contributed by atoms with Crippen molar-refractivity contribution in [2.75, 3.05) is 18.1 Å². The molecule has 3 heterocycles. The summed E-state index contributed by atoms with van der Waals surface area (Å²) in [5.74, 6) is 0.427. The Balaban J connectivity index is 2.10. The summed E-state index contributed by atoms with van der Waals surface area (Å²) in [6.45, 7) is 6.68. The number of esters is 1. The number of hydrogen-bond acceptors (Lipinski definition) is 10. The highest BCUT2D eigenvalue weighted by Crippen LogP contribution is 2.38. The molecule has 154 valence electrons. The Hall–Kier alpha value is -1.95. The monoisotopic (exact) mass is 411 g/mol. The molecule has 1 fully saturated rings. The average molecular weight is 411 g/mol. The molecule has 4 atom stereocenters. The molecule has 28 heavy (non-hydrogen) atoms. The molecule has 2 aromatic rings. The summed E-state index contributed by atoms with van der Waals surface area (Å²) in [5, 5.41) is 20.8. The molecule has 10 nitrogen and oxygen atoms in total. The minimum atomic E-state index is -1.21. The van der Waals surface area contributed by atoms with Gasteiger partial charge in [0.05, 0.1) is 12.0 Å². The van der Waals surface area contributed by atoms with E-state index in [1.165, 1.54) is 18.1 Å². The van der Waals surface area contributed by atoms with Crippen LogP contribution in [0.4, 0.5) is 5.82 Å². The minimum Gasteiger partial charge on any atom is -0.454 e. The lowest BCUT2D eigenvalue weighted by molar-refractivity contribution is -0.168. The maximum absolute atomic E-state index is 12.5. The summed E-state index contributed by atoms with van der Waals surface area (Å²) in [6.07, 6.45) is -2.79. The lowest BCUT2D eigenvalue weighted by Crippen LogP contribution is -2.39. The number of nitrogen functional groups attached to an aromatic ring is 1. The number of carbonyl (C=O) groups excluding carboxylic acids is 1. The lowest BCUT2D eigenvalue weighted by atomic mass is 9.97. The van der Waals surface area contributed by atoms with Crippen LogP contribution in [0, 0.1) is 5.41 Å². The Morgan fingerprint density at radius 2 is 2.14 bits per heavy atom. The van der Waals surface area contributed by atoms with Crippen LogP contribution < -0.4 is 5.73 Å². The van der Waals surface area contributed by atoms with E-state index in [1.54, 1.807) is 25.3 Å². The number of aliphatic hydroxyl groups is 2. The number of ether oxygens (including phenoxy) is 2. The smallest absolute Gasteiger partial charge is 0.311 e. The molecule has 1 aliphatic heterocycles. The van der Waals surface area contributed by atoms with E-state index in [9.17, 15) is 15.0 Å². The van der Waals surface area contributed by atoms with Gasteiger partial charge < -0.3 is 25.4 Å². The van der Waals surface area contributed by atoms with Gasteiger partial charge in [-0.25, -0.2) is 15.0 Å². The van der Waals surface area contributed by atoms with E-state index in [2.05, 4.69) is 15.0 Å². The largest absolute Gasteiger partial charge is 0.454 e. The van der Waals surface area contributed by atoms with E-state index in [-0.39, 0.29) is 5.82 Å². The fourth-order valence-corrected chi connectivity index (χ4v) is 3.61. The molecule has 0 spiro atoms. The van der Waals surface area contributed by atoms with Gasteiger partial charge in [0, 0.05) is 0 Å². The molecule has 0 radical (unpaired) electrons. The molecule has 4 N–H and O–H groups in total. The molecular weight excluding hydrogens is 386 g/mol. The molecule has 2 unspecified atom stereocenters. The highest BCUT2D eigenvalue weighted by atomic mass is 32.2. The van der Waals surface area contributed by atoms with E-state index < -0.39 is 42.5 Å². The third-order valence-electron chi connectivity index (χ3n) is 4.35. The van der Waals surface area contributed by atoms with Crippen LogP contribution >= 0.6 is 11.8 Å². The van der Waals surface area contributed by atoms with Gasteiger partial charge in [0.25, 0.3) is 0 Å². The van der Waals surface area contributed by atoms with Crippen molar-refractivity contribution in [3.8, 4) is 0 Å². The SMILES string of the molecule is CCSc1nc2c(N)ncnc2n1[C@@H]1O[C@H](CO)C(O)C1OC(=O)C(C)(C)C. The zero-order valence-corrected chi connectivity index (χ0v) is 17.0. The number of aromatic nitrogens is 4. The van der Waals surface area contributed by atoms with Crippen LogP contribution in [-0.2, 0) is 14.3 Å². The number of rotatable bonds is 5. The van der Waals surface area contributed by atoms with Crippen molar-refractivity contribution in [1.29, 1.82) is 0 Å². The molecule has 1 saturated heterocycles. The van der Waals surface area contributed by atoms with E-state index in [0.29, 0.717) is 22.1 Å². The zero-order valence-electron chi connectivity index (χ0n) is 16.2. The Morgan fingerprint density at radius 1 is 1.43 bits per heavy atom. The van der Waals surface area contributed by atoms with Gasteiger partial charge in [-0.2, -0.15) is 0 Å². The van der Waals surface area contributed by atoms with Crippen LogP contribution in [0.2, 0.25) is 0 Å². The molecule has 11 heteroatoms. The van der Waals surface area contributed by atoms with Gasteiger partial charge >= 0.3 is 5.97 Å². The van der Waals surface area contributed by atoms with Crippen LogP contribution in [0.15, 0.2) is 11.5 Å². The number of thioether (sulfide) groups is 1. The molecule has 2 aromatic heterocycles. The molecular formula is C17H25N5O5S. The summed E-state index contributed by atoms with van der Waals surface area (Å²) in [4.78, 5) is 25.2. The number of nitrogens with zero attached hydrogens (tertiary/aromatic N) is 4. The predicted molar refractivity (Wildman–Crippen MR) is 102 cm³/mol. The topological polar surface area (TPSA) is 146 Å². The number of anilines is 1. The normalized spacial score (nSPS) is 25.4.